The summed E-state index contributed by atoms with van der Waals surface area (Å²) in [6.45, 7) is 10.9. The highest BCUT2D eigenvalue weighted by Gasteiger charge is 2.15. The maximum Gasteiger partial charge on any atom is 0.201 e. The van der Waals surface area contributed by atoms with E-state index in [4.69, 9.17) is 4.98 Å². The van der Waals surface area contributed by atoms with E-state index in [0.29, 0.717) is 23.4 Å². The largest absolute Gasteiger partial charge is 0.385 e. The third-order valence-corrected chi connectivity index (χ3v) is 6.00. The fourth-order valence-electron chi connectivity index (χ4n) is 3.83. The van der Waals surface area contributed by atoms with Crippen LogP contribution in [0.3, 0.4) is 0 Å². The van der Waals surface area contributed by atoms with Crippen molar-refractivity contribution >= 4 is 11.4 Å². The number of benzene rings is 2. The molecular weight excluding hydrogens is 444 g/mol. The number of hydrogen-bond acceptors (Lipinski definition) is 6. The molecule has 4 aromatic rings. The molecule has 0 atom stereocenters. The molecule has 4 rings (SSSR count). The summed E-state index contributed by atoms with van der Waals surface area (Å²) in [5.74, 6) is 1.86. The smallest absolute Gasteiger partial charge is 0.201 e. The lowest BCUT2D eigenvalue weighted by Gasteiger charge is -2.12. The van der Waals surface area contributed by atoms with Crippen molar-refractivity contribution in [2.45, 2.75) is 40.5 Å². The van der Waals surface area contributed by atoms with E-state index in [1.54, 1.807) is 6.20 Å². The first kappa shape index (κ1) is 25.3. The Kier molecular flexibility index (Phi) is 8.61. The number of nitrogens with zero attached hydrogens (tertiary/aromatic N) is 4. The Labute approximate surface area is 214 Å². The van der Waals surface area contributed by atoms with Crippen LogP contribution in [0.25, 0.3) is 34.0 Å². The second-order valence-corrected chi connectivity index (χ2v) is 9.92. The van der Waals surface area contributed by atoms with E-state index in [1.165, 1.54) is 0 Å². The molecule has 0 radical (unpaired) electrons. The van der Waals surface area contributed by atoms with Gasteiger partial charge in [-0.3, -0.25) is 4.98 Å². The van der Waals surface area contributed by atoms with Gasteiger partial charge in [0.25, 0.3) is 0 Å². The highest BCUT2D eigenvalue weighted by Crippen LogP contribution is 2.31. The zero-order chi connectivity index (χ0) is 25.3. The molecular formula is C30H36N6. The monoisotopic (exact) mass is 480 g/mol. The molecule has 6 heteroatoms. The van der Waals surface area contributed by atoms with Gasteiger partial charge in [0.15, 0.2) is 0 Å². The van der Waals surface area contributed by atoms with E-state index in [2.05, 4.69) is 102 Å². The summed E-state index contributed by atoms with van der Waals surface area (Å²) < 4.78 is 0. The maximum atomic E-state index is 4.92. The predicted octanol–water partition coefficient (Wildman–Crippen LogP) is 7.18. The minimum absolute atomic E-state index is 0.514. The average molecular weight is 481 g/mol. The number of nitrogens with one attached hydrogen (secondary N) is 2. The summed E-state index contributed by atoms with van der Waals surface area (Å²) in [5, 5.41) is 16.0. The van der Waals surface area contributed by atoms with Gasteiger partial charge in [-0.15, -0.1) is 10.2 Å². The van der Waals surface area contributed by atoms with Crippen LogP contribution in [0.1, 0.15) is 40.5 Å². The number of pyridine rings is 1. The van der Waals surface area contributed by atoms with Crippen LogP contribution in [0, 0.1) is 11.8 Å². The second kappa shape index (κ2) is 12.2. The Balaban J connectivity index is 1.63. The average Bonchev–Trinajstić information content (AvgIpc) is 2.89. The molecule has 0 amide bonds. The Morgan fingerprint density at radius 3 is 1.69 bits per heavy atom. The molecule has 0 saturated heterocycles. The Morgan fingerprint density at radius 2 is 1.19 bits per heavy atom. The molecule has 0 fully saturated rings. The molecule has 0 unspecified atom stereocenters. The van der Waals surface area contributed by atoms with Crippen molar-refractivity contribution in [2.75, 3.05) is 23.7 Å². The summed E-state index contributed by atoms with van der Waals surface area (Å²) in [6, 6.07) is 22.4. The lowest BCUT2D eigenvalue weighted by Crippen LogP contribution is -2.05. The number of anilines is 2. The maximum absolute atomic E-state index is 4.92. The van der Waals surface area contributed by atoms with Crippen molar-refractivity contribution < 1.29 is 0 Å². The zero-order valence-electron chi connectivity index (χ0n) is 21.7. The van der Waals surface area contributed by atoms with Gasteiger partial charge in [-0.2, -0.15) is 0 Å². The van der Waals surface area contributed by atoms with Crippen LogP contribution in [0.5, 0.6) is 0 Å². The van der Waals surface area contributed by atoms with Gasteiger partial charge in [0, 0.05) is 41.8 Å². The quantitative estimate of drug-likeness (QED) is 0.237. The highest BCUT2D eigenvalue weighted by atomic mass is 15.2. The van der Waals surface area contributed by atoms with Gasteiger partial charge in [-0.25, -0.2) is 4.98 Å². The van der Waals surface area contributed by atoms with Crippen LogP contribution in [-0.2, 0) is 0 Å². The molecule has 2 N–H and O–H groups in total. The van der Waals surface area contributed by atoms with E-state index in [0.717, 1.165) is 59.8 Å². The summed E-state index contributed by atoms with van der Waals surface area (Å²) in [5.41, 5.74) is 6.42. The molecule has 0 aliphatic heterocycles. The van der Waals surface area contributed by atoms with Gasteiger partial charge in [0.2, 0.25) is 5.82 Å². The van der Waals surface area contributed by atoms with Crippen LogP contribution in [0.2, 0.25) is 0 Å². The van der Waals surface area contributed by atoms with Crippen molar-refractivity contribution in [1.29, 1.82) is 0 Å². The molecule has 0 aliphatic carbocycles. The van der Waals surface area contributed by atoms with Crippen molar-refractivity contribution in [2.24, 2.45) is 11.8 Å². The van der Waals surface area contributed by atoms with Crippen molar-refractivity contribution in [3.63, 3.8) is 0 Å². The summed E-state index contributed by atoms with van der Waals surface area (Å²) in [4.78, 5) is 9.34. The molecule has 0 saturated carbocycles. The molecule has 0 bridgehead atoms. The van der Waals surface area contributed by atoms with Crippen LogP contribution >= 0.6 is 0 Å². The van der Waals surface area contributed by atoms with Crippen LogP contribution < -0.4 is 10.6 Å². The van der Waals surface area contributed by atoms with Gasteiger partial charge in [-0.1, -0.05) is 58.0 Å². The fourth-order valence-corrected chi connectivity index (χ4v) is 3.83. The molecule has 2 heterocycles. The van der Waals surface area contributed by atoms with Crippen molar-refractivity contribution in [3.8, 4) is 34.0 Å². The molecule has 0 spiro atoms. The second-order valence-electron chi connectivity index (χ2n) is 9.92. The normalized spacial score (nSPS) is 11.2. The Morgan fingerprint density at radius 1 is 0.639 bits per heavy atom. The Bertz CT molecular complexity index is 1220. The number of hydrogen-bond donors (Lipinski definition) is 2. The van der Waals surface area contributed by atoms with Crippen LogP contribution in [0.4, 0.5) is 11.4 Å². The van der Waals surface area contributed by atoms with Gasteiger partial charge < -0.3 is 10.6 Å². The van der Waals surface area contributed by atoms with Gasteiger partial charge in [-0.05, 0) is 61.1 Å². The van der Waals surface area contributed by atoms with Gasteiger partial charge in [0.1, 0.15) is 17.1 Å². The fraction of sp³-hybridized carbons (Fsp3) is 0.333. The summed E-state index contributed by atoms with van der Waals surface area (Å²) >= 11 is 0. The van der Waals surface area contributed by atoms with Gasteiger partial charge in [0.05, 0.1) is 0 Å². The van der Waals surface area contributed by atoms with Crippen molar-refractivity contribution in [3.05, 3.63) is 72.9 Å². The minimum atomic E-state index is 0.514. The van der Waals surface area contributed by atoms with E-state index in [-0.39, 0.29) is 0 Å². The Hall–Kier alpha value is -3.80. The first-order chi connectivity index (χ1) is 17.5. The third kappa shape index (κ3) is 6.87. The number of rotatable bonds is 11. The molecule has 36 heavy (non-hydrogen) atoms. The van der Waals surface area contributed by atoms with Crippen LogP contribution in [0.15, 0.2) is 72.9 Å². The zero-order valence-corrected chi connectivity index (χ0v) is 21.7. The topological polar surface area (TPSA) is 75.6 Å². The van der Waals surface area contributed by atoms with Gasteiger partial charge >= 0.3 is 0 Å². The molecule has 2 aromatic heterocycles. The van der Waals surface area contributed by atoms with E-state index >= 15 is 0 Å². The molecule has 2 aromatic carbocycles. The predicted molar refractivity (Wildman–Crippen MR) is 150 cm³/mol. The molecule has 186 valence electrons. The number of aromatic nitrogens is 4. The first-order valence-electron chi connectivity index (χ1n) is 12.8. The van der Waals surface area contributed by atoms with Crippen LogP contribution in [-0.4, -0.2) is 33.3 Å². The standard InChI is InChI=1S/C30H36N6/c1-21(2)16-19-31-25-12-8-23(9-13-25)28-29(35-36-30(34-28)27-7-5-6-18-33-27)24-10-14-26(15-11-24)32-20-17-22(3)4/h5-15,18,21-22,31-32H,16-17,19-20H2,1-4H3. The van der Waals surface area contributed by atoms with E-state index < -0.39 is 0 Å². The SMILES string of the molecule is CC(C)CCNc1ccc(-c2nnc(-c3ccccn3)nc2-c2ccc(NCCC(C)C)cc2)cc1. The molecule has 0 aliphatic rings. The van der Waals surface area contributed by atoms with Crippen molar-refractivity contribution in [1.82, 2.24) is 20.2 Å². The molecule has 6 nitrogen and oxygen atoms in total. The first-order valence-corrected chi connectivity index (χ1v) is 12.8. The summed E-state index contributed by atoms with van der Waals surface area (Å²) in [6.07, 6.45) is 4.02. The highest BCUT2D eigenvalue weighted by molar-refractivity contribution is 5.79. The third-order valence-electron chi connectivity index (χ3n) is 6.00. The minimum Gasteiger partial charge on any atom is -0.385 e. The lowest BCUT2D eigenvalue weighted by atomic mass is 10.0. The lowest BCUT2D eigenvalue weighted by molar-refractivity contribution is 0.607. The van der Waals surface area contributed by atoms with E-state index in [9.17, 15) is 0 Å². The van der Waals surface area contributed by atoms with E-state index in [1.807, 2.05) is 18.2 Å². The summed E-state index contributed by atoms with van der Waals surface area (Å²) in [7, 11) is 0.